The lowest BCUT2D eigenvalue weighted by atomic mass is 10.2. The quantitative estimate of drug-likeness (QED) is 0.891. The van der Waals surface area contributed by atoms with Gasteiger partial charge in [0.25, 0.3) is 10.0 Å². The Morgan fingerprint density at radius 2 is 2.05 bits per heavy atom. The van der Waals surface area contributed by atoms with Gasteiger partial charge in [0.05, 0.1) is 11.5 Å². The number of hydrogen-bond donors (Lipinski definition) is 2. The predicted molar refractivity (Wildman–Crippen MR) is 75.1 cm³/mol. The number of aliphatic hydroxyl groups is 1. The Morgan fingerprint density at radius 3 is 2.68 bits per heavy atom. The van der Waals surface area contributed by atoms with Gasteiger partial charge in [-0.25, -0.2) is 13.4 Å². The lowest BCUT2D eigenvalue weighted by Gasteiger charge is -2.08. The second kappa shape index (κ2) is 5.68. The van der Waals surface area contributed by atoms with E-state index in [4.69, 9.17) is 5.11 Å². The van der Waals surface area contributed by atoms with Gasteiger partial charge in [0, 0.05) is 10.7 Å². The zero-order chi connectivity index (χ0) is 13.9. The van der Waals surface area contributed by atoms with Crippen molar-refractivity contribution in [2.75, 3.05) is 4.72 Å². The van der Waals surface area contributed by atoms with Crippen molar-refractivity contribution in [1.82, 2.24) is 4.98 Å². The molecule has 7 heteroatoms. The van der Waals surface area contributed by atoms with Crippen molar-refractivity contribution in [3.63, 3.8) is 0 Å². The summed E-state index contributed by atoms with van der Waals surface area (Å²) in [6.07, 6.45) is 1.50. The fraction of sp³-hybridized carbons (Fsp3) is 0.0833. The molecule has 0 saturated heterocycles. The molecule has 0 aliphatic carbocycles. The number of aliphatic hydroxyl groups excluding tert-OH is 1. The Balaban J connectivity index is 2.29. The highest BCUT2D eigenvalue weighted by molar-refractivity contribution is 9.10. The second-order valence-corrected chi connectivity index (χ2v) is 6.37. The average Bonchev–Trinajstić information content (AvgIpc) is 2.41. The van der Waals surface area contributed by atoms with Crippen molar-refractivity contribution < 1.29 is 13.5 Å². The summed E-state index contributed by atoms with van der Waals surface area (Å²) in [6.45, 7) is -0.208. The third-order valence-electron chi connectivity index (χ3n) is 2.36. The molecule has 2 rings (SSSR count). The Hall–Kier alpha value is -1.44. The first-order valence-electron chi connectivity index (χ1n) is 5.35. The minimum Gasteiger partial charge on any atom is -0.392 e. The number of rotatable bonds is 4. The highest BCUT2D eigenvalue weighted by Crippen LogP contribution is 2.17. The smallest absolute Gasteiger partial charge is 0.263 e. The maximum atomic E-state index is 12.1. The number of nitrogens with zero attached hydrogens (tertiary/aromatic N) is 1. The van der Waals surface area contributed by atoms with E-state index in [2.05, 4.69) is 25.6 Å². The summed E-state index contributed by atoms with van der Waals surface area (Å²) < 4.78 is 27.4. The molecule has 1 aromatic carbocycles. The summed E-state index contributed by atoms with van der Waals surface area (Å²) in [4.78, 5) is 4.03. The van der Waals surface area contributed by atoms with Crippen LogP contribution in [0.15, 0.2) is 52.0 Å². The molecular weight excluding hydrogens is 332 g/mol. The molecule has 0 saturated carbocycles. The van der Waals surface area contributed by atoms with Crippen LogP contribution in [-0.4, -0.2) is 18.5 Å². The van der Waals surface area contributed by atoms with E-state index in [1.807, 2.05) is 0 Å². The molecule has 0 fully saturated rings. The van der Waals surface area contributed by atoms with Gasteiger partial charge in [-0.15, -0.1) is 0 Å². The van der Waals surface area contributed by atoms with E-state index in [1.165, 1.54) is 18.3 Å². The molecule has 0 atom stereocenters. The van der Waals surface area contributed by atoms with Crippen molar-refractivity contribution in [3.05, 3.63) is 52.6 Å². The van der Waals surface area contributed by atoms with Crippen LogP contribution in [0.4, 0.5) is 5.82 Å². The number of hydrogen-bond acceptors (Lipinski definition) is 4. The molecule has 0 aliphatic rings. The van der Waals surface area contributed by atoms with E-state index in [9.17, 15) is 8.42 Å². The molecule has 0 amide bonds. The van der Waals surface area contributed by atoms with Gasteiger partial charge in [0.15, 0.2) is 0 Å². The van der Waals surface area contributed by atoms with Crippen LogP contribution < -0.4 is 4.72 Å². The van der Waals surface area contributed by atoms with Crippen molar-refractivity contribution in [3.8, 4) is 0 Å². The highest BCUT2D eigenvalue weighted by Gasteiger charge is 2.14. The second-order valence-electron chi connectivity index (χ2n) is 3.77. The first-order valence-corrected chi connectivity index (χ1v) is 7.63. The van der Waals surface area contributed by atoms with Gasteiger partial charge in [-0.2, -0.15) is 0 Å². The van der Waals surface area contributed by atoms with Crippen molar-refractivity contribution >= 4 is 31.8 Å². The van der Waals surface area contributed by atoms with E-state index in [1.54, 1.807) is 24.3 Å². The predicted octanol–water partition coefficient (Wildman–Crippen LogP) is 2.14. The molecule has 100 valence electrons. The van der Waals surface area contributed by atoms with Gasteiger partial charge in [0.2, 0.25) is 0 Å². The maximum Gasteiger partial charge on any atom is 0.263 e. The van der Waals surface area contributed by atoms with Crippen LogP contribution in [-0.2, 0) is 16.6 Å². The van der Waals surface area contributed by atoms with Crippen LogP contribution in [0.3, 0.4) is 0 Å². The topological polar surface area (TPSA) is 79.3 Å². The molecule has 0 aliphatic heterocycles. The van der Waals surface area contributed by atoms with Crippen LogP contribution in [0, 0.1) is 0 Å². The number of benzene rings is 1. The number of pyridine rings is 1. The first kappa shape index (κ1) is 14.0. The Kier molecular flexibility index (Phi) is 4.18. The van der Waals surface area contributed by atoms with E-state index >= 15 is 0 Å². The maximum absolute atomic E-state index is 12.1. The fourth-order valence-corrected chi connectivity index (χ4v) is 2.76. The molecule has 5 nitrogen and oxygen atoms in total. The van der Waals surface area contributed by atoms with Crippen LogP contribution in [0.5, 0.6) is 0 Å². The lowest BCUT2D eigenvalue weighted by Crippen LogP contribution is -2.14. The largest absolute Gasteiger partial charge is 0.392 e. The average molecular weight is 343 g/mol. The van der Waals surface area contributed by atoms with Gasteiger partial charge >= 0.3 is 0 Å². The third-order valence-corrected chi connectivity index (χ3v) is 4.18. The van der Waals surface area contributed by atoms with Crippen LogP contribution in [0.25, 0.3) is 0 Å². The Bertz CT molecular complexity index is 672. The van der Waals surface area contributed by atoms with Gasteiger partial charge < -0.3 is 5.11 Å². The molecule has 0 bridgehead atoms. The first-order chi connectivity index (χ1) is 9.01. The molecule has 0 radical (unpaired) electrons. The standard InChI is InChI=1S/C12H11BrN2O3S/c13-10-4-5-12(14-7-10)15-19(17,18)11-3-1-2-9(6-11)8-16/h1-7,16H,8H2,(H,14,15). The molecule has 0 spiro atoms. The van der Waals surface area contributed by atoms with Crippen LogP contribution >= 0.6 is 15.9 Å². The van der Waals surface area contributed by atoms with Crippen LogP contribution in [0.1, 0.15) is 5.56 Å². The van der Waals surface area contributed by atoms with E-state index in [0.717, 1.165) is 4.47 Å². The Morgan fingerprint density at radius 1 is 1.26 bits per heavy atom. The normalized spacial score (nSPS) is 11.3. The minimum absolute atomic E-state index is 0.0868. The lowest BCUT2D eigenvalue weighted by molar-refractivity contribution is 0.281. The zero-order valence-corrected chi connectivity index (χ0v) is 12.1. The highest BCUT2D eigenvalue weighted by atomic mass is 79.9. The number of aromatic nitrogens is 1. The van der Waals surface area contributed by atoms with E-state index in [0.29, 0.717) is 5.56 Å². The molecular formula is C12H11BrN2O3S. The van der Waals surface area contributed by atoms with Crippen LogP contribution in [0.2, 0.25) is 0 Å². The van der Waals surface area contributed by atoms with E-state index < -0.39 is 10.0 Å². The molecule has 0 unspecified atom stereocenters. The van der Waals surface area contributed by atoms with Crippen molar-refractivity contribution in [1.29, 1.82) is 0 Å². The van der Waals surface area contributed by atoms with Crippen molar-refractivity contribution in [2.24, 2.45) is 0 Å². The zero-order valence-electron chi connectivity index (χ0n) is 9.75. The summed E-state index contributed by atoms with van der Waals surface area (Å²) >= 11 is 3.22. The molecule has 2 N–H and O–H groups in total. The summed E-state index contributed by atoms with van der Waals surface area (Å²) in [5.74, 6) is 0.234. The van der Waals surface area contributed by atoms with E-state index in [-0.39, 0.29) is 17.3 Å². The summed E-state index contributed by atoms with van der Waals surface area (Å²) in [6, 6.07) is 9.35. The van der Waals surface area contributed by atoms with Gasteiger partial charge in [0.1, 0.15) is 5.82 Å². The molecule has 1 heterocycles. The molecule has 1 aromatic heterocycles. The minimum atomic E-state index is -3.70. The number of sulfonamides is 1. The fourth-order valence-electron chi connectivity index (χ4n) is 1.44. The Labute approximate surface area is 119 Å². The third kappa shape index (κ3) is 3.52. The van der Waals surface area contributed by atoms with Gasteiger partial charge in [-0.3, -0.25) is 4.72 Å². The SMILES string of the molecule is O=S(=O)(Nc1ccc(Br)cn1)c1cccc(CO)c1. The van der Waals surface area contributed by atoms with Crippen molar-refractivity contribution in [2.45, 2.75) is 11.5 Å². The number of nitrogens with one attached hydrogen (secondary N) is 1. The summed E-state index contributed by atoms with van der Waals surface area (Å²) in [5, 5.41) is 9.02. The summed E-state index contributed by atoms with van der Waals surface area (Å²) in [7, 11) is -3.70. The van der Waals surface area contributed by atoms with Gasteiger partial charge in [-0.1, -0.05) is 12.1 Å². The number of halogens is 1. The molecule has 19 heavy (non-hydrogen) atoms. The summed E-state index contributed by atoms with van der Waals surface area (Å²) in [5.41, 5.74) is 0.534. The monoisotopic (exact) mass is 342 g/mol. The number of anilines is 1. The molecule has 2 aromatic rings. The van der Waals surface area contributed by atoms with Gasteiger partial charge in [-0.05, 0) is 45.8 Å².